The molecule has 1 saturated heterocycles. The maximum absolute atomic E-state index is 12.3. The van der Waals surface area contributed by atoms with Crippen LogP contribution < -0.4 is 10.9 Å². The summed E-state index contributed by atoms with van der Waals surface area (Å²) in [6.07, 6.45) is 4.35. The molecule has 2 N–H and O–H groups in total. The van der Waals surface area contributed by atoms with Crippen LogP contribution in [0.25, 0.3) is 11.0 Å². The van der Waals surface area contributed by atoms with E-state index in [4.69, 9.17) is 0 Å². The molecule has 0 saturated carbocycles. The molecule has 1 fully saturated rings. The van der Waals surface area contributed by atoms with E-state index in [9.17, 15) is 9.90 Å². The highest BCUT2D eigenvalue weighted by molar-refractivity contribution is 5.71. The van der Waals surface area contributed by atoms with Crippen LogP contribution in [0.4, 0.5) is 0 Å². The zero-order chi connectivity index (χ0) is 13.3. The van der Waals surface area contributed by atoms with Gasteiger partial charge in [-0.15, -0.1) is 0 Å². The van der Waals surface area contributed by atoms with Crippen LogP contribution in [-0.2, 0) is 6.54 Å². The lowest BCUT2D eigenvalue weighted by atomic mass is 9.92. The summed E-state index contributed by atoms with van der Waals surface area (Å²) in [4.78, 5) is 20.6. The quantitative estimate of drug-likeness (QED) is 0.788. The molecule has 0 spiro atoms. The summed E-state index contributed by atoms with van der Waals surface area (Å²) in [5.74, 6) is 0. The summed E-state index contributed by atoms with van der Waals surface area (Å²) in [5, 5.41) is 13.7. The fraction of sp³-hybridized carbons (Fsp3) is 0.462. The van der Waals surface area contributed by atoms with Gasteiger partial charge in [-0.2, -0.15) is 0 Å². The Morgan fingerprint density at radius 3 is 2.95 bits per heavy atom. The number of rotatable bonds is 2. The summed E-state index contributed by atoms with van der Waals surface area (Å²) < 4.78 is 1.46. The molecule has 19 heavy (non-hydrogen) atoms. The molecule has 0 radical (unpaired) electrons. The van der Waals surface area contributed by atoms with E-state index in [-0.39, 0.29) is 12.1 Å². The van der Waals surface area contributed by atoms with Crippen LogP contribution in [-0.4, -0.2) is 38.3 Å². The second-order valence-electron chi connectivity index (χ2n) is 5.02. The average Bonchev–Trinajstić information content (AvgIpc) is 2.43. The number of hydrogen-bond donors (Lipinski definition) is 2. The second-order valence-corrected chi connectivity index (χ2v) is 5.02. The Balaban J connectivity index is 1.97. The molecule has 3 rings (SSSR count). The molecule has 1 aliphatic rings. The number of aliphatic hydroxyl groups is 1. The topological polar surface area (TPSA) is 80.0 Å². The minimum absolute atomic E-state index is 0.197. The number of pyridine rings is 1. The highest BCUT2D eigenvalue weighted by Crippen LogP contribution is 2.19. The Labute approximate surface area is 110 Å². The predicted molar refractivity (Wildman–Crippen MR) is 70.9 cm³/mol. The predicted octanol–water partition coefficient (Wildman–Crippen LogP) is -0.0940. The van der Waals surface area contributed by atoms with Gasteiger partial charge in [0.25, 0.3) is 5.56 Å². The van der Waals surface area contributed by atoms with Crippen molar-refractivity contribution in [2.45, 2.75) is 25.0 Å². The molecule has 2 aromatic heterocycles. The largest absolute Gasteiger partial charge is 0.388 e. The fourth-order valence-electron chi connectivity index (χ4n) is 2.47. The van der Waals surface area contributed by atoms with Gasteiger partial charge in [0.1, 0.15) is 0 Å². The van der Waals surface area contributed by atoms with Crippen LogP contribution in [0.1, 0.15) is 12.8 Å². The van der Waals surface area contributed by atoms with E-state index in [0.29, 0.717) is 23.9 Å². The Hall–Kier alpha value is -1.79. The summed E-state index contributed by atoms with van der Waals surface area (Å²) in [6, 6.07) is 3.51. The van der Waals surface area contributed by atoms with E-state index in [1.807, 2.05) is 0 Å². The minimum Gasteiger partial charge on any atom is -0.388 e. The molecule has 0 aliphatic carbocycles. The van der Waals surface area contributed by atoms with Gasteiger partial charge in [-0.1, -0.05) is 0 Å². The highest BCUT2D eigenvalue weighted by Gasteiger charge is 2.30. The molecule has 2 aromatic rings. The Morgan fingerprint density at radius 1 is 1.37 bits per heavy atom. The van der Waals surface area contributed by atoms with Crippen LogP contribution in [0.5, 0.6) is 0 Å². The van der Waals surface area contributed by atoms with Gasteiger partial charge in [-0.3, -0.25) is 9.36 Å². The molecule has 0 bridgehead atoms. The third-order valence-corrected chi connectivity index (χ3v) is 3.58. The van der Waals surface area contributed by atoms with Gasteiger partial charge in [-0.05, 0) is 38.1 Å². The molecular formula is C13H16N4O2. The summed E-state index contributed by atoms with van der Waals surface area (Å²) in [6.45, 7) is 1.81. The van der Waals surface area contributed by atoms with Crippen LogP contribution >= 0.6 is 0 Å². The summed E-state index contributed by atoms with van der Waals surface area (Å²) >= 11 is 0. The number of nitrogens with zero attached hydrogens (tertiary/aromatic N) is 3. The van der Waals surface area contributed by atoms with Gasteiger partial charge < -0.3 is 10.4 Å². The van der Waals surface area contributed by atoms with E-state index in [1.54, 1.807) is 18.3 Å². The van der Waals surface area contributed by atoms with Crippen LogP contribution in [0.3, 0.4) is 0 Å². The van der Waals surface area contributed by atoms with E-state index in [2.05, 4.69) is 15.3 Å². The molecular weight excluding hydrogens is 244 g/mol. The maximum atomic E-state index is 12.3. The normalized spacial score (nSPS) is 18.6. The van der Waals surface area contributed by atoms with Gasteiger partial charge in [0.15, 0.2) is 5.52 Å². The van der Waals surface area contributed by atoms with Crippen molar-refractivity contribution in [2.24, 2.45) is 0 Å². The lowest BCUT2D eigenvalue weighted by Crippen LogP contribution is -2.46. The molecule has 0 amide bonds. The number of aromatic nitrogens is 3. The van der Waals surface area contributed by atoms with Gasteiger partial charge in [0.05, 0.1) is 24.0 Å². The van der Waals surface area contributed by atoms with Gasteiger partial charge >= 0.3 is 0 Å². The third kappa shape index (κ3) is 2.36. The third-order valence-electron chi connectivity index (χ3n) is 3.58. The zero-order valence-corrected chi connectivity index (χ0v) is 10.5. The van der Waals surface area contributed by atoms with Crippen LogP contribution in [0, 0.1) is 0 Å². The SMILES string of the molecule is O=c1c2ncccc2ncn1CC1(O)CCNCC1. The van der Waals surface area contributed by atoms with Crippen molar-refractivity contribution in [3.63, 3.8) is 0 Å². The summed E-state index contributed by atoms with van der Waals surface area (Å²) in [5.41, 5.74) is -0.0969. The maximum Gasteiger partial charge on any atom is 0.279 e. The molecule has 6 heteroatoms. The lowest BCUT2D eigenvalue weighted by molar-refractivity contribution is -0.00628. The number of nitrogens with one attached hydrogen (secondary N) is 1. The number of hydrogen-bond acceptors (Lipinski definition) is 5. The molecule has 100 valence electrons. The smallest absolute Gasteiger partial charge is 0.279 e. The number of piperidine rings is 1. The van der Waals surface area contributed by atoms with Crippen molar-refractivity contribution in [1.82, 2.24) is 19.9 Å². The van der Waals surface area contributed by atoms with Gasteiger partial charge in [-0.25, -0.2) is 9.97 Å². The first-order valence-electron chi connectivity index (χ1n) is 6.41. The highest BCUT2D eigenvalue weighted by atomic mass is 16.3. The first kappa shape index (κ1) is 12.3. The standard InChI is InChI=1S/C13H16N4O2/c18-12-11-10(2-1-5-15-11)16-9-17(12)8-13(19)3-6-14-7-4-13/h1-2,5,9,14,19H,3-4,6-8H2. The van der Waals surface area contributed by atoms with Crippen LogP contribution in [0.2, 0.25) is 0 Å². The molecule has 1 aliphatic heterocycles. The fourth-order valence-corrected chi connectivity index (χ4v) is 2.47. The number of fused-ring (bicyclic) bond motifs is 1. The second kappa shape index (κ2) is 4.71. The first-order valence-corrected chi connectivity index (χ1v) is 6.41. The molecule has 6 nitrogen and oxygen atoms in total. The van der Waals surface area contributed by atoms with E-state index < -0.39 is 5.60 Å². The van der Waals surface area contributed by atoms with Crippen LogP contribution in [0.15, 0.2) is 29.5 Å². The van der Waals surface area contributed by atoms with E-state index in [0.717, 1.165) is 13.1 Å². The van der Waals surface area contributed by atoms with Crippen molar-refractivity contribution in [3.05, 3.63) is 35.0 Å². The van der Waals surface area contributed by atoms with Crippen molar-refractivity contribution in [2.75, 3.05) is 13.1 Å². The first-order chi connectivity index (χ1) is 9.18. The van der Waals surface area contributed by atoms with Crippen molar-refractivity contribution < 1.29 is 5.11 Å². The lowest BCUT2D eigenvalue weighted by Gasteiger charge is -2.32. The van der Waals surface area contributed by atoms with E-state index >= 15 is 0 Å². The van der Waals surface area contributed by atoms with E-state index in [1.165, 1.54) is 10.9 Å². The molecule has 0 atom stereocenters. The van der Waals surface area contributed by atoms with Gasteiger partial charge in [0, 0.05) is 6.20 Å². The Kier molecular flexibility index (Phi) is 3.04. The Morgan fingerprint density at radius 2 is 2.16 bits per heavy atom. The minimum atomic E-state index is -0.834. The molecule has 0 aromatic carbocycles. The van der Waals surface area contributed by atoms with Crippen molar-refractivity contribution in [3.8, 4) is 0 Å². The average molecular weight is 260 g/mol. The van der Waals surface area contributed by atoms with Crippen molar-refractivity contribution >= 4 is 11.0 Å². The molecule has 0 unspecified atom stereocenters. The molecule has 3 heterocycles. The zero-order valence-electron chi connectivity index (χ0n) is 10.5. The van der Waals surface area contributed by atoms with Crippen molar-refractivity contribution in [1.29, 1.82) is 0 Å². The Bertz CT molecular complexity index is 646. The summed E-state index contributed by atoms with van der Waals surface area (Å²) in [7, 11) is 0. The monoisotopic (exact) mass is 260 g/mol. The van der Waals surface area contributed by atoms with Gasteiger partial charge in [0.2, 0.25) is 0 Å².